The third-order valence-corrected chi connectivity index (χ3v) is 4.86. The number of methoxy groups -OCH3 is 1. The number of nitrogens with zero attached hydrogens (tertiary/aromatic N) is 1. The lowest BCUT2D eigenvalue weighted by Crippen LogP contribution is -2.52. The summed E-state index contributed by atoms with van der Waals surface area (Å²) in [6.07, 6.45) is 9.87. The van der Waals surface area contributed by atoms with Crippen LogP contribution in [0, 0.1) is 5.92 Å². The van der Waals surface area contributed by atoms with Crippen LogP contribution in [0.3, 0.4) is 0 Å². The molecular weight excluding hydrogens is 236 g/mol. The maximum atomic E-state index is 5.39. The van der Waals surface area contributed by atoms with Crippen molar-refractivity contribution in [2.75, 3.05) is 33.4 Å². The molecule has 0 radical (unpaired) electrons. The third-order valence-electron chi connectivity index (χ3n) is 4.86. The van der Waals surface area contributed by atoms with Crippen LogP contribution in [0.5, 0.6) is 0 Å². The minimum atomic E-state index is 0.505. The number of piperidine rings is 1. The summed E-state index contributed by atoms with van der Waals surface area (Å²) in [5.41, 5.74) is 0. The highest BCUT2D eigenvalue weighted by atomic mass is 16.5. The molecule has 0 aromatic rings. The van der Waals surface area contributed by atoms with Crippen LogP contribution in [0.2, 0.25) is 0 Å². The molecule has 0 amide bonds. The zero-order valence-electron chi connectivity index (χ0n) is 12.9. The molecule has 1 heterocycles. The summed E-state index contributed by atoms with van der Waals surface area (Å²) in [5, 5.41) is 3.65. The van der Waals surface area contributed by atoms with E-state index in [1.165, 1.54) is 58.0 Å². The molecule has 0 spiro atoms. The Morgan fingerprint density at radius 3 is 2.79 bits per heavy atom. The van der Waals surface area contributed by atoms with Gasteiger partial charge in [-0.2, -0.15) is 0 Å². The summed E-state index contributed by atoms with van der Waals surface area (Å²) in [5.74, 6) is 0.983. The molecular formula is C16H32N2O. The van der Waals surface area contributed by atoms with Crippen molar-refractivity contribution in [1.29, 1.82) is 0 Å². The quantitative estimate of drug-likeness (QED) is 0.768. The molecule has 1 aliphatic heterocycles. The van der Waals surface area contributed by atoms with E-state index in [-0.39, 0.29) is 0 Å². The number of hydrogen-bond acceptors (Lipinski definition) is 3. The van der Waals surface area contributed by atoms with Gasteiger partial charge < -0.3 is 10.1 Å². The van der Waals surface area contributed by atoms with Gasteiger partial charge in [0.25, 0.3) is 0 Å². The lowest BCUT2D eigenvalue weighted by atomic mass is 9.78. The van der Waals surface area contributed by atoms with Crippen LogP contribution >= 0.6 is 0 Å². The molecule has 0 bridgehead atoms. The van der Waals surface area contributed by atoms with Crippen molar-refractivity contribution in [3.05, 3.63) is 0 Å². The van der Waals surface area contributed by atoms with Gasteiger partial charge in [-0.15, -0.1) is 0 Å². The number of rotatable bonds is 7. The van der Waals surface area contributed by atoms with Gasteiger partial charge in [0, 0.05) is 25.7 Å². The van der Waals surface area contributed by atoms with Crippen molar-refractivity contribution in [3.8, 4) is 0 Å². The second-order valence-corrected chi connectivity index (χ2v) is 6.36. The Balaban J connectivity index is 1.86. The van der Waals surface area contributed by atoms with Crippen molar-refractivity contribution in [2.45, 2.75) is 64.0 Å². The van der Waals surface area contributed by atoms with E-state index < -0.39 is 0 Å². The van der Waals surface area contributed by atoms with Crippen LogP contribution in [0.4, 0.5) is 0 Å². The second-order valence-electron chi connectivity index (χ2n) is 6.36. The first-order valence-corrected chi connectivity index (χ1v) is 8.31. The Morgan fingerprint density at radius 2 is 2.00 bits per heavy atom. The molecule has 1 aliphatic carbocycles. The lowest BCUT2D eigenvalue weighted by molar-refractivity contribution is 0.0416. The first-order valence-electron chi connectivity index (χ1n) is 8.31. The molecule has 0 aromatic heterocycles. The highest BCUT2D eigenvalue weighted by Crippen LogP contribution is 2.35. The largest absolute Gasteiger partial charge is 0.383 e. The molecule has 19 heavy (non-hydrogen) atoms. The summed E-state index contributed by atoms with van der Waals surface area (Å²) in [6, 6.07) is 1.37. The molecule has 3 nitrogen and oxygen atoms in total. The zero-order chi connectivity index (χ0) is 13.5. The maximum absolute atomic E-state index is 5.39. The number of nitrogens with one attached hydrogen (secondary N) is 1. The highest BCUT2D eigenvalue weighted by molar-refractivity contribution is 4.89. The highest BCUT2D eigenvalue weighted by Gasteiger charge is 2.33. The Bertz CT molecular complexity index is 245. The van der Waals surface area contributed by atoms with Crippen molar-refractivity contribution >= 4 is 0 Å². The van der Waals surface area contributed by atoms with Crippen molar-refractivity contribution in [3.63, 3.8) is 0 Å². The van der Waals surface area contributed by atoms with E-state index in [2.05, 4.69) is 17.1 Å². The first-order chi connectivity index (χ1) is 9.35. The van der Waals surface area contributed by atoms with Gasteiger partial charge in [-0.25, -0.2) is 0 Å². The molecule has 3 heteroatoms. The molecule has 3 unspecified atom stereocenters. The number of ether oxygens (including phenoxy) is 1. The van der Waals surface area contributed by atoms with E-state index in [1.807, 2.05) is 7.11 Å². The van der Waals surface area contributed by atoms with Crippen molar-refractivity contribution in [1.82, 2.24) is 10.2 Å². The molecule has 1 N–H and O–H groups in total. The van der Waals surface area contributed by atoms with E-state index in [0.717, 1.165) is 25.1 Å². The van der Waals surface area contributed by atoms with Crippen LogP contribution in [0.1, 0.15) is 51.9 Å². The average Bonchev–Trinajstić information content (AvgIpc) is 2.45. The van der Waals surface area contributed by atoms with Crippen molar-refractivity contribution in [2.24, 2.45) is 5.92 Å². The lowest BCUT2D eigenvalue weighted by Gasteiger charge is -2.45. The summed E-state index contributed by atoms with van der Waals surface area (Å²) in [4.78, 5) is 2.76. The summed E-state index contributed by atoms with van der Waals surface area (Å²) < 4.78 is 5.39. The summed E-state index contributed by atoms with van der Waals surface area (Å²) >= 11 is 0. The van der Waals surface area contributed by atoms with Gasteiger partial charge in [0.2, 0.25) is 0 Å². The van der Waals surface area contributed by atoms with Crippen LogP contribution < -0.4 is 5.32 Å². The van der Waals surface area contributed by atoms with E-state index in [9.17, 15) is 0 Å². The van der Waals surface area contributed by atoms with E-state index in [1.54, 1.807) is 0 Å². The van der Waals surface area contributed by atoms with Crippen LogP contribution in [0.25, 0.3) is 0 Å². The number of likely N-dealkylation sites (tertiary alicyclic amines) is 1. The maximum Gasteiger partial charge on any atom is 0.0628 e. The molecule has 1 saturated carbocycles. The van der Waals surface area contributed by atoms with E-state index in [4.69, 9.17) is 4.74 Å². The first kappa shape index (κ1) is 15.3. The smallest absolute Gasteiger partial charge is 0.0628 e. The third kappa shape index (κ3) is 4.44. The van der Waals surface area contributed by atoms with Gasteiger partial charge in [-0.3, -0.25) is 4.90 Å². The molecule has 112 valence electrons. The molecule has 2 fully saturated rings. The fourth-order valence-corrected chi connectivity index (χ4v) is 3.96. The van der Waals surface area contributed by atoms with Gasteiger partial charge in [-0.05, 0) is 51.1 Å². The molecule has 1 saturated heterocycles. The molecule has 3 atom stereocenters. The van der Waals surface area contributed by atoms with E-state index >= 15 is 0 Å². The Labute approximate surface area is 119 Å². The van der Waals surface area contributed by atoms with Crippen LogP contribution in [0.15, 0.2) is 0 Å². The summed E-state index contributed by atoms with van der Waals surface area (Å²) in [7, 11) is 1.82. The number of fused-ring (bicyclic) bond motifs is 1. The monoisotopic (exact) mass is 268 g/mol. The van der Waals surface area contributed by atoms with Gasteiger partial charge in [0.15, 0.2) is 0 Å². The van der Waals surface area contributed by atoms with Crippen LogP contribution in [-0.2, 0) is 4.74 Å². The summed E-state index contributed by atoms with van der Waals surface area (Å²) in [6.45, 7) is 6.66. The predicted octanol–water partition coefficient (Wildman–Crippen LogP) is 2.66. The van der Waals surface area contributed by atoms with Gasteiger partial charge in [0.05, 0.1) is 6.61 Å². The Hall–Kier alpha value is -0.120. The van der Waals surface area contributed by atoms with Gasteiger partial charge in [0.1, 0.15) is 0 Å². The van der Waals surface area contributed by atoms with E-state index in [0.29, 0.717) is 6.04 Å². The second kappa shape index (κ2) is 8.23. The van der Waals surface area contributed by atoms with Crippen molar-refractivity contribution < 1.29 is 4.74 Å². The molecule has 2 aliphatic rings. The fourth-order valence-electron chi connectivity index (χ4n) is 3.96. The van der Waals surface area contributed by atoms with Gasteiger partial charge in [-0.1, -0.05) is 19.8 Å². The van der Waals surface area contributed by atoms with Gasteiger partial charge >= 0.3 is 0 Å². The average molecular weight is 268 g/mol. The minimum absolute atomic E-state index is 0.505. The molecule has 0 aromatic carbocycles. The standard InChI is InChI=1S/C16H32N2O/c1-3-10-17-15(13-19-2)12-18-11-6-8-14-7-4-5-9-16(14)18/h14-17H,3-13H2,1-2H3. The minimum Gasteiger partial charge on any atom is -0.383 e. The zero-order valence-corrected chi connectivity index (χ0v) is 12.9. The predicted molar refractivity (Wildman–Crippen MR) is 80.5 cm³/mol. The SMILES string of the molecule is CCCNC(COC)CN1CCCC2CCCCC21. The Kier molecular flexibility index (Phi) is 6.62. The molecule has 2 rings (SSSR count). The number of hydrogen-bond donors (Lipinski definition) is 1. The fraction of sp³-hybridized carbons (Fsp3) is 1.00. The topological polar surface area (TPSA) is 24.5 Å². The van der Waals surface area contributed by atoms with Crippen LogP contribution in [-0.4, -0.2) is 50.3 Å². The Morgan fingerprint density at radius 1 is 1.21 bits per heavy atom. The normalized spacial score (nSPS) is 30.0.